The van der Waals surface area contributed by atoms with Crippen LogP contribution in [0.1, 0.15) is 46.1 Å². The van der Waals surface area contributed by atoms with Gasteiger partial charge in [0.2, 0.25) is 11.8 Å². The van der Waals surface area contributed by atoms with Gasteiger partial charge in [-0.2, -0.15) is 0 Å². The smallest absolute Gasteiger partial charge is 0.428 e. The number of rotatable bonds is 14. The van der Waals surface area contributed by atoms with Gasteiger partial charge in [-0.25, -0.2) is 4.79 Å². The molecule has 35 heavy (non-hydrogen) atoms. The van der Waals surface area contributed by atoms with Crippen molar-refractivity contribution in [2.45, 2.75) is 52.7 Å². The zero-order valence-corrected chi connectivity index (χ0v) is 20.5. The first kappa shape index (κ1) is 29.5. The highest BCUT2D eigenvalue weighted by atomic mass is 16.8. The largest absolute Gasteiger partial charge is 0.534 e. The summed E-state index contributed by atoms with van der Waals surface area (Å²) in [5, 5.41) is 5.38. The Morgan fingerprint density at radius 3 is 2.34 bits per heavy atom. The normalized spacial score (nSPS) is 10.7. The van der Waals surface area contributed by atoms with E-state index in [4.69, 9.17) is 14.2 Å². The molecule has 0 aliphatic rings. The molecule has 0 fully saturated rings. The van der Waals surface area contributed by atoms with E-state index in [1.165, 1.54) is 0 Å². The summed E-state index contributed by atoms with van der Waals surface area (Å²) in [6.45, 7) is 7.46. The van der Waals surface area contributed by atoms with Crippen LogP contribution in [-0.4, -0.2) is 67.3 Å². The molecule has 0 atom stereocenters. The van der Waals surface area contributed by atoms with Crippen LogP contribution in [0.25, 0.3) is 0 Å². The third-order valence-corrected chi connectivity index (χ3v) is 4.27. The lowest BCUT2D eigenvalue weighted by Crippen LogP contribution is -2.39. The fourth-order valence-electron chi connectivity index (χ4n) is 2.47. The summed E-state index contributed by atoms with van der Waals surface area (Å²) in [5.74, 6) is -1.53. The van der Waals surface area contributed by atoms with Gasteiger partial charge in [0.05, 0.1) is 18.8 Å². The van der Waals surface area contributed by atoms with Gasteiger partial charge >= 0.3 is 6.16 Å². The van der Waals surface area contributed by atoms with E-state index in [0.717, 1.165) is 0 Å². The van der Waals surface area contributed by atoms with Crippen molar-refractivity contribution in [3.8, 4) is 0 Å². The molecule has 0 radical (unpaired) electrons. The van der Waals surface area contributed by atoms with Crippen molar-refractivity contribution in [3.63, 3.8) is 0 Å². The van der Waals surface area contributed by atoms with Gasteiger partial charge < -0.3 is 24.8 Å². The number of carbonyl (C=O) groups excluding carboxylic acids is 5. The van der Waals surface area contributed by atoms with Gasteiger partial charge in [0.15, 0.2) is 0 Å². The van der Waals surface area contributed by atoms with Crippen molar-refractivity contribution in [3.05, 3.63) is 29.8 Å². The number of nitrogens with one attached hydrogen (secondary N) is 2. The van der Waals surface area contributed by atoms with Crippen LogP contribution in [0.3, 0.4) is 0 Å². The predicted molar refractivity (Wildman–Crippen MR) is 124 cm³/mol. The molecular weight excluding hydrogens is 462 g/mol. The second kappa shape index (κ2) is 15.4. The maximum absolute atomic E-state index is 12.1. The van der Waals surface area contributed by atoms with E-state index < -0.39 is 29.5 Å². The standard InChI is InChI=1S/C23H33N3O9/c1-5-7-21(30)26(16-27)35-22(31)33-13-17-8-10-18(11-9-17)25-19(28)12-24-20(29)14-34-23(3,4)15-32-6-2/h8-11,16H,5-7,12-15H2,1-4H3,(H,24,29)(H,25,28). The summed E-state index contributed by atoms with van der Waals surface area (Å²) in [7, 11) is 0. The summed E-state index contributed by atoms with van der Waals surface area (Å²) in [4.78, 5) is 62.6. The van der Waals surface area contributed by atoms with Crippen LogP contribution in [-0.2, 0) is 44.8 Å². The maximum Gasteiger partial charge on any atom is 0.534 e. The van der Waals surface area contributed by atoms with Crippen LogP contribution in [0.5, 0.6) is 0 Å². The molecule has 2 N–H and O–H groups in total. The summed E-state index contributed by atoms with van der Waals surface area (Å²) >= 11 is 0. The second-order valence-corrected chi connectivity index (χ2v) is 7.91. The van der Waals surface area contributed by atoms with Gasteiger partial charge in [0, 0.05) is 18.7 Å². The van der Waals surface area contributed by atoms with Crippen LogP contribution in [0, 0.1) is 0 Å². The lowest BCUT2D eigenvalue weighted by molar-refractivity contribution is -0.176. The first-order valence-corrected chi connectivity index (χ1v) is 11.1. The van der Waals surface area contributed by atoms with E-state index in [0.29, 0.717) is 30.9 Å². The summed E-state index contributed by atoms with van der Waals surface area (Å²) < 4.78 is 15.7. The highest BCUT2D eigenvalue weighted by Gasteiger charge is 2.20. The van der Waals surface area contributed by atoms with Crippen LogP contribution < -0.4 is 10.6 Å². The topological polar surface area (TPSA) is 150 Å². The Morgan fingerprint density at radius 2 is 1.74 bits per heavy atom. The summed E-state index contributed by atoms with van der Waals surface area (Å²) in [6, 6.07) is 6.34. The molecule has 0 bridgehead atoms. The first-order chi connectivity index (χ1) is 16.6. The predicted octanol–water partition coefficient (Wildman–Crippen LogP) is 1.93. The maximum atomic E-state index is 12.1. The number of hydrogen-bond donors (Lipinski definition) is 2. The molecule has 0 saturated carbocycles. The lowest BCUT2D eigenvalue weighted by Gasteiger charge is -2.24. The molecule has 1 aromatic rings. The molecule has 0 aliphatic carbocycles. The molecule has 1 aromatic carbocycles. The van der Waals surface area contributed by atoms with E-state index in [1.807, 2.05) is 6.92 Å². The summed E-state index contributed by atoms with van der Waals surface area (Å²) in [5.41, 5.74) is 0.401. The molecule has 12 heteroatoms. The van der Waals surface area contributed by atoms with E-state index in [1.54, 1.807) is 45.0 Å². The number of carbonyl (C=O) groups is 5. The Kier molecular flexibility index (Phi) is 13.0. The van der Waals surface area contributed by atoms with E-state index in [2.05, 4.69) is 15.5 Å². The Morgan fingerprint density at radius 1 is 1.06 bits per heavy atom. The van der Waals surface area contributed by atoms with Crippen molar-refractivity contribution >= 4 is 36.0 Å². The van der Waals surface area contributed by atoms with Crippen LogP contribution in [0.4, 0.5) is 10.5 Å². The number of benzene rings is 1. The second-order valence-electron chi connectivity index (χ2n) is 7.91. The Labute approximate surface area is 204 Å². The van der Waals surface area contributed by atoms with Gasteiger partial charge in [-0.3, -0.25) is 24.0 Å². The molecule has 1 rings (SSSR count). The molecule has 0 aromatic heterocycles. The number of imide groups is 1. The SMILES string of the molecule is CCCC(=O)N(C=O)OC(=O)OCc1ccc(NC(=O)CNC(=O)COC(C)(C)COCC)cc1. The molecule has 12 nitrogen and oxygen atoms in total. The molecule has 0 saturated heterocycles. The molecule has 0 heterocycles. The lowest BCUT2D eigenvalue weighted by atomic mass is 10.1. The third kappa shape index (κ3) is 12.5. The van der Waals surface area contributed by atoms with Gasteiger partial charge in [0.1, 0.15) is 13.2 Å². The average molecular weight is 496 g/mol. The minimum absolute atomic E-state index is 0.0450. The number of anilines is 1. The Bertz CT molecular complexity index is 856. The van der Waals surface area contributed by atoms with Crippen molar-refractivity contribution in [1.29, 1.82) is 0 Å². The number of ether oxygens (including phenoxy) is 3. The number of hydroxylamine groups is 2. The van der Waals surface area contributed by atoms with Crippen molar-refractivity contribution in [2.24, 2.45) is 0 Å². The van der Waals surface area contributed by atoms with Gasteiger partial charge in [0.25, 0.3) is 12.3 Å². The highest BCUT2D eigenvalue weighted by molar-refractivity contribution is 5.94. The van der Waals surface area contributed by atoms with E-state index in [-0.39, 0.29) is 37.7 Å². The minimum atomic E-state index is -1.21. The molecule has 0 spiro atoms. The monoisotopic (exact) mass is 495 g/mol. The van der Waals surface area contributed by atoms with Gasteiger partial charge in [-0.1, -0.05) is 19.1 Å². The summed E-state index contributed by atoms with van der Waals surface area (Å²) in [6.07, 6.45) is -0.586. The highest BCUT2D eigenvalue weighted by Crippen LogP contribution is 2.11. The first-order valence-electron chi connectivity index (χ1n) is 11.1. The molecule has 0 aliphatic heterocycles. The average Bonchev–Trinajstić information content (AvgIpc) is 2.83. The third-order valence-electron chi connectivity index (χ3n) is 4.27. The molecule has 0 unspecified atom stereocenters. The Balaban J connectivity index is 2.38. The van der Waals surface area contributed by atoms with Crippen LogP contribution >= 0.6 is 0 Å². The molecule has 194 valence electrons. The van der Waals surface area contributed by atoms with Crippen molar-refractivity contribution < 1.29 is 43.0 Å². The van der Waals surface area contributed by atoms with Gasteiger partial charge in [-0.05, 0) is 44.9 Å². The fourth-order valence-corrected chi connectivity index (χ4v) is 2.47. The zero-order chi connectivity index (χ0) is 26.3. The van der Waals surface area contributed by atoms with Crippen LogP contribution in [0.2, 0.25) is 0 Å². The zero-order valence-electron chi connectivity index (χ0n) is 20.5. The number of nitrogens with zero attached hydrogens (tertiary/aromatic N) is 1. The van der Waals surface area contributed by atoms with Crippen molar-refractivity contribution in [1.82, 2.24) is 10.4 Å². The fraction of sp³-hybridized carbons (Fsp3) is 0.522. The number of amides is 4. The Hall–Kier alpha value is -3.51. The minimum Gasteiger partial charge on any atom is -0.428 e. The van der Waals surface area contributed by atoms with E-state index in [9.17, 15) is 24.0 Å². The van der Waals surface area contributed by atoms with E-state index >= 15 is 0 Å². The van der Waals surface area contributed by atoms with Crippen molar-refractivity contribution in [2.75, 3.05) is 31.7 Å². The molecule has 4 amide bonds. The van der Waals surface area contributed by atoms with Crippen LogP contribution in [0.15, 0.2) is 24.3 Å². The molecular formula is C23H33N3O9. The van der Waals surface area contributed by atoms with Gasteiger partial charge in [-0.15, -0.1) is 5.06 Å². The quantitative estimate of drug-likeness (QED) is 0.224. The number of hydrogen-bond acceptors (Lipinski definition) is 9.